The van der Waals surface area contributed by atoms with E-state index in [1.165, 1.54) is 64.3 Å². The molecule has 1 heteroatoms. The summed E-state index contributed by atoms with van der Waals surface area (Å²) in [6, 6.07) is 0. The fourth-order valence-corrected chi connectivity index (χ4v) is 1.72. The second-order valence-electron chi connectivity index (χ2n) is 4.14. The van der Waals surface area contributed by atoms with Crippen LogP contribution in [-0.2, 0) is 0 Å². The fourth-order valence-electron chi connectivity index (χ4n) is 1.72. The first-order chi connectivity index (χ1) is 6.91. The molecule has 0 aliphatic rings. The summed E-state index contributed by atoms with van der Waals surface area (Å²) >= 11 is 0. The lowest BCUT2D eigenvalue weighted by Crippen LogP contribution is -2.06. The highest BCUT2D eigenvalue weighted by atomic mass is 14.8. The van der Waals surface area contributed by atoms with Crippen molar-refractivity contribution < 1.29 is 0 Å². The van der Waals surface area contributed by atoms with Crippen molar-refractivity contribution in [1.29, 1.82) is 0 Å². The summed E-state index contributed by atoms with van der Waals surface area (Å²) in [4.78, 5) is 0. The summed E-state index contributed by atoms with van der Waals surface area (Å²) in [5.41, 5.74) is 0. The van der Waals surface area contributed by atoms with Gasteiger partial charge in [-0.15, -0.1) is 0 Å². The van der Waals surface area contributed by atoms with Crippen LogP contribution in [-0.4, -0.2) is 13.6 Å². The molecule has 0 aromatic heterocycles. The van der Waals surface area contributed by atoms with Gasteiger partial charge < -0.3 is 5.32 Å². The maximum absolute atomic E-state index is 3.86. The highest BCUT2D eigenvalue weighted by Gasteiger charge is 1.91. The van der Waals surface area contributed by atoms with E-state index in [0.717, 1.165) is 6.42 Å². The molecule has 0 aromatic carbocycles. The molecule has 0 aliphatic carbocycles. The first-order valence-electron chi connectivity index (χ1n) is 6.35. The second kappa shape index (κ2) is 13.0. The van der Waals surface area contributed by atoms with E-state index in [2.05, 4.69) is 12.2 Å². The van der Waals surface area contributed by atoms with Gasteiger partial charge in [-0.05, 0) is 20.0 Å². The summed E-state index contributed by atoms with van der Waals surface area (Å²) in [5, 5.41) is 3.19. The van der Waals surface area contributed by atoms with Crippen molar-refractivity contribution in [1.82, 2.24) is 5.32 Å². The van der Waals surface area contributed by atoms with E-state index < -0.39 is 0 Å². The van der Waals surface area contributed by atoms with Gasteiger partial charge in [-0.3, -0.25) is 0 Å². The van der Waals surface area contributed by atoms with Crippen molar-refractivity contribution in [3.63, 3.8) is 0 Å². The maximum Gasteiger partial charge on any atom is -0.00519 e. The lowest BCUT2D eigenvalue weighted by molar-refractivity contribution is 0.554. The summed E-state index contributed by atoms with van der Waals surface area (Å²) in [6.07, 6.45) is 13.7. The van der Waals surface area contributed by atoms with Crippen LogP contribution in [0.5, 0.6) is 0 Å². The summed E-state index contributed by atoms with van der Waals surface area (Å²) in [6.45, 7) is 5.04. The minimum absolute atomic E-state index is 1.12. The molecule has 0 fully saturated rings. The summed E-state index contributed by atoms with van der Waals surface area (Å²) in [5.74, 6) is 0. The van der Waals surface area contributed by atoms with Gasteiger partial charge in [-0.25, -0.2) is 0 Å². The van der Waals surface area contributed by atoms with Crippen molar-refractivity contribution in [3.8, 4) is 0 Å². The molecule has 1 nitrogen and oxygen atoms in total. The van der Waals surface area contributed by atoms with Crippen molar-refractivity contribution in [2.24, 2.45) is 0 Å². The molecule has 85 valence electrons. The zero-order chi connectivity index (χ0) is 10.5. The molecule has 0 spiro atoms. The minimum atomic E-state index is 1.12. The molecular formula is C13H28N. The third kappa shape index (κ3) is 12.0. The van der Waals surface area contributed by atoms with Gasteiger partial charge in [0.05, 0.1) is 0 Å². The Bertz CT molecular complexity index is 79.2. The molecule has 0 bridgehead atoms. The van der Waals surface area contributed by atoms with E-state index >= 15 is 0 Å². The largest absolute Gasteiger partial charge is 0.320 e. The maximum atomic E-state index is 3.86. The number of hydrogen-bond acceptors (Lipinski definition) is 1. The van der Waals surface area contributed by atoms with Gasteiger partial charge in [0, 0.05) is 0 Å². The lowest BCUT2D eigenvalue weighted by Gasteiger charge is -2.01. The normalized spacial score (nSPS) is 10.7. The fraction of sp³-hybridized carbons (Fsp3) is 0.923. The highest BCUT2D eigenvalue weighted by Crippen LogP contribution is 2.09. The summed E-state index contributed by atoms with van der Waals surface area (Å²) < 4.78 is 0. The molecule has 0 unspecified atom stereocenters. The number of hydrogen-bond donors (Lipinski definition) is 1. The molecule has 0 atom stereocenters. The van der Waals surface area contributed by atoms with Gasteiger partial charge >= 0.3 is 0 Å². The van der Waals surface area contributed by atoms with E-state index in [9.17, 15) is 0 Å². The Labute approximate surface area is 90.7 Å². The minimum Gasteiger partial charge on any atom is -0.320 e. The van der Waals surface area contributed by atoms with Crippen molar-refractivity contribution >= 4 is 0 Å². The lowest BCUT2D eigenvalue weighted by atomic mass is 10.1. The Morgan fingerprint density at radius 3 is 1.57 bits per heavy atom. The van der Waals surface area contributed by atoms with E-state index in [1.54, 1.807) is 0 Å². The van der Waals surface area contributed by atoms with Gasteiger partial charge in [-0.1, -0.05) is 64.7 Å². The Hall–Kier alpha value is -0.0400. The molecule has 0 aliphatic heterocycles. The topological polar surface area (TPSA) is 12.0 Å². The van der Waals surface area contributed by atoms with Crippen LogP contribution in [0.2, 0.25) is 0 Å². The average Bonchev–Trinajstić information content (AvgIpc) is 2.21. The zero-order valence-corrected chi connectivity index (χ0v) is 9.99. The number of nitrogens with one attached hydrogen (secondary N) is 1. The van der Waals surface area contributed by atoms with Crippen molar-refractivity contribution in [2.75, 3.05) is 13.6 Å². The average molecular weight is 198 g/mol. The molecule has 0 aromatic rings. The zero-order valence-electron chi connectivity index (χ0n) is 9.99. The summed E-state index contributed by atoms with van der Waals surface area (Å²) in [7, 11) is 2.03. The molecule has 0 saturated heterocycles. The SMILES string of the molecule is [CH2]CCCCCCCCCCCNC. The van der Waals surface area contributed by atoms with Gasteiger partial charge in [0.1, 0.15) is 0 Å². The number of rotatable bonds is 11. The molecule has 0 heterocycles. The molecule has 0 saturated carbocycles. The van der Waals surface area contributed by atoms with Crippen LogP contribution in [0.25, 0.3) is 0 Å². The first-order valence-corrected chi connectivity index (χ1v) is 6.35. The van der Waals surface area contributed by atoms with Crippen LogP contribution < -0.4 is 5.32 Å². The standard InChI is InChI=1S/C13H28N/c1-3-4-5-6-7-8-9-10-11-12-13-14-2/h14H,1,3-13H2,2H3. The van der Waals surface area contributed by atoms with Crippen LogP contribution in [0.4, 0.5) is 0 Å². The Morgan fingerprint density at radius 2 is 1.14 bits per heavy atom. The number of unbranched alkanes of at least 4 members (excludes halogenated alkanes) is 9. The second-order valence-corrected chi connectivity index (χ2v) is 4.14. The third-order valence-corrected chi connectivity index (χ3v) is 2.68. The van der Waals surface area contributed by atoms with Crippen LogP contribution in [0.3, 0.4) is 0 Å². The van der Waals surface area contributed by atoms with E-state index in [4.69, 9.17) is 0 Å². The smallest absolute Gasteiger partial charge is 0.00519 e. The predicted molar refractivity (Wildman–Crippen MR) is 65.5 cm³/mol. The van der Waals surface area contributed by atoms with Gasteiger partial charge in [0.15, 0.2) is 0 Å². The molecule has 14 heavy (non-hydrogen) atoms. The van der Waals surface area contributed by atoms with Gasteiger partial charge in [-0.2, -0.15) is 0 Å². The highest BCUT2D eigenvalue weighted by molar-refractivity contribution is 4.49. The predicted octanol–water partition coefficient (Wildman–Crippen LogP) is 3.94. The van der Waals surface area contributed by atoms with Crippen LogP contribution in [0.15, 0.2) is 0 Å². The quantitative estimate of drug-likeness (QED) is 0.496. The Balaban J connectivity index is 2.78. The Kier molecular flexibility index (Phi) is 12.9. The third-order valence-electron chi connectivity index (χ3n) is 2.68. The van der Waals surface area contributed by atoms with E-state index in [-0.39, 0.29) is 0 Å². The van der Waals surface area contributed by atoms with Crippen LogP contribution >= 0.6 is 0 Å². The van der Waals surface area contributed by atoms with Crippen molar-refractivity contribution in [2.45, 2.75) is 64.2 Å². The van der Waals surface area contributed by atoms with Crippen molar-refractivity contribution in [3.05, 3.63) is 6.92 Å². The van der Waals surface area contributed by atoms with Crippen LogP contribution in [0.1, 0.15) is 64.2 Å². The van der Waals surface area contributed by atoms with Gasteiger partial charge in [0.2, 0.25) is 0 Å². The van der Waals surface area contributed by atoms with Gasteiger partial charge in [0.25, 0.3) is 0 Å². The molecular weight excluding hydrogens is 170 g/mol. The van der Waals surface area contributed by atoms with Crippen LogP contribution in [0, 0.1) is 6.92 Å². The molecule has 1 radical (unpaired) electrons. The van der Waals surface area contributed by atoms with E-state index in [0.29, 0.717) is 0 Å². The molecule has 0 rings (SSSR count). The monoisotopic (exact) mass is 198 g/mol. The first kappa shape index (κ1) is 14.0. The molecule has 1 N–H and O–H groups in total. The molecule has 0 amide bonds. The van der Waals surface area contributed by atoms with E-state index in [1.807, 2.05) is 7.05 Å². The Morgan fingerprint density at radius 1 is 0.714 bits per heavy atom.